The van der Waals surface area contributed by atoms with Crippen molar-refractivity contribution in [2.45, 2.75) is 32.7 Å². The number of hydrogen-bond acceptors (Lipinski definition) is 4. The van der Waals surface area contributed by atoms with Crippen molar-refractivity contribution in [1.82, 2.24) is 25.1 Å². The minimum absolute atomic E-state index is 0.160. The molecule has 0 amide bonds. The first kappa shape index (κ1) is 13.7. The predicted octanol–water partition coefficient (Wildman–Crippen LogP) is 1.58. The van der Waals surface area contributed by atoms with Crippen LogP contribution in [-0.4, -0.2) is 26.8 Å². The molecule has 2 heterocycles. The number of aryl methyl sites for hydroxylation is 3. The summed E-state index contributed by atoms with van der Waals surface area (Å²) in [6, 6.07) is 2.32. The van der Waals surface area contributed by atoms with Gasteiger partial charge in [-0.3, -0.25) is 14.6 Å². The molecule has 102 valence electrons. The molecule has 0 aromatic carbocycles. The second kappa shape index (κ2) is 5.93. The maximum absolute atomic E-state index is 4.48. The summed E-state index contributed by atoms with van der Waals surface area (Å²) in [5.41, 5.74) is 4.24. The SMILES string of the molecule is CCc1cc(CC(NC)c2cnc(C)cn2)n(C)n1. The van der Waals surface area contributed by atoms with Gasteiger partial charge in [-0.25, -0.2) is 0 Å². The average Bonchev–Trinajstić information content (AvgIpc) is 2.78. The van der Waals surface area contributed by atoms with Gasteiger partial charge in [0, 0.05) is 25.4 Å². The van der Waals surface area contributed by atoms with Crippen molar-refractivity contribution in [3.8, 4) is 0 Å². The molecule has 0 bridgehead atoms. The molecule has 19 heavy (non-hydrogen) atoms. The molecule has 2 rings (SSSR count). The van der Waals surface area contributed by atoms with Crippen LogP contribution in [0.15, 0.2) is 18.5 Å². The van der Waals surface area contributed by atoms with Gasteiger partial charge in [-0.1, -0.05) is 6.92 Å². The lowest BCUT2D eigenvalue weighted by Crippen LogP contribution is -2.21. The first-order valence-electron chi connectivity index (χ1n) is 6.61. The molecule has 2 aromatic heterocycles. The van der Waals surface area contributed by atoms with Crippen LogP contribution in [0.5, 0.6) is 0 Å². The largest absolute Gasteiger partial charge is 0.311 e. The zero-order valence-electron chi connectivity index (χ0n) is 12.0. The Bertz CT molecular complexity index is 529. The van der Waals surface area contributed by atoms with E-state index in [1.54, 1.807) is 6.20 Å². The number of nitrogens with one attached hydrogen (secondary N) is 1. The van der Waals surface area contributed by atoms with Crippen LogP contribution >= 0.6 is 0 Å². The van der Waals surface area contributed by atoms with Crippen LogP contribution in [0.1, 0.15) is 35.7 Å². The molecule has 0 fully saturated rings. The van der Waals surface area contributed by atoms with Gasteiger partial charge in [-0.2, -0.15) is 5.10 Å². The summed E-state index contributed by atoms with van der Waals surface area (Å²) in [5, 5.41) is 7.77. The molecular formula is C14H21N5. The van der Waals surface area contributed by atoms with Crippen molar-refractivity contribution in [1.29, 1.82) is 0 Å². The summed E-state index contributed by atoms with van der Waals surface area (Å²) in [5.74, 6) is 0. The van der Waals surface area contributed by atoms with Gasteiger partial charge >= 0.3 is 0 Å². The summed E-state index contributed by atoms with van der Waals surface area (Å²) in [6.45, 7) is 4.06. The lowest BCUT2D eigenvalue weighted by atomic mass is 10.1. The Morgan fingerprint density at radius 1 is 1.32 bits per heavy atom. The average molecular weight is 259 g/mol. The van der Waals surface area contributed by atoms with Crippen LogP contribution in [0, 0.1) is 6.92 Å². The molecule has 1 atom stereocenters. The first-order chi connectivity index (χ1) is 9.13. The third-order valence-corrected chi connectivity index (χ3v) is 3.31. The Morgan fingerprint density at radius 2 is 2.11 bits per heavy atom. The third-order valence-electron chi connectivity index (χ3n) is 3.31. The zero-order valence-corrected chi connectivity index (χ0v) is 12.0. The highest BCUT2D eigenvalue weighted by atomic mass is 15.3. The van der Waals surface area contributed by atoms with E-state index >= 15 is 0 Å². The second-order valence-corrected chi connectivity index (χ2v) is 4.73. The minimum atomic E-state index is 0.160. The van der Waals surface area contributed by atoms with E-state index in [0.29, 0.717) is 0 Å². The number of likely N-dealkylation sites (N-methyl/N-ethyl adjacent to an activating group) is 1. The van der Waals surface area contributed by atoms with E-state index in [4.69, 9.17) is 0 Å². The fourth-order valence-corrected chi connectivity index (χ4v) is 2.08. The third kappa shape index (κ3) is 3.17. The van der Waals surface area contributed by atoms with Crippen LogP contribution < -0.4 is 5.32 Å². The van der Waals surface area contributed by atoms with Crippen LogP contribution in [0.2, 0.25) is 0 Å². The number of hydrogen-bond donors (Lipinski definition) is 1. The van der Waals surface area contributed by atoms with E-state index in [2.05, 4.69) is 33.4 Å². The zero-order chi connectivity index (χ0) is 13.8. The van der Waals surface area contributed by atoms with Crippen molar-refractivity contribution in [2.75, 3.05) is 7.05 Å². The summed E-state index contributed by atoms with van der Waals surface area (Å²) in [6.07, 6.45) is 5.47. The molecular weight excluding hydrogens is 238 g/mol. The molecule has 0 aliphatic carbocycles. The molecule has 0 aliphatic rings. The normalized spacial score (nSPS) is 12.6. The van der Waals surface area contributed by atoms with Crippen LogP contribution in [0.25, 0.3) is 0 Å². The summed E-state index contributed by atoms with van der Waals surface area (Å²) in [4.78, 5) is 8.76. The van der Waals surface area contributed by atoms with Crippen LogP contribution in [0.4, 0.5) is 0 Å². The Labute approximate surface area is 114 Å². The molecule has 0 saturated carbocycles. The van der Waals surface area contributed by atoms with Gasteiger partial charge in [0.25, 0.3) is 0 Å². The minimum Gasteiger partial charge on any atom is -0.311 e. The van der Waals surface area contributed by atoms with Gasteiger partial charge in [0.1, 0.15) is 0 Å². The lowest BCUT2D eigenvalue weighted by Gasteiger charge is -2.15. The highest BCUT2D eigenvalue weighted by molar-refractivity contribution is 5.15. The van der Waals surface area contributed by atoms with Crippen LogP contribution in [-0.2, 0) is 19.9 Å². The molecule has 5 heteroatoms. The van der Waals surface area contributed by atoms with Gasteiger partial charge < -0.3 is 5.32 Å². The second-order valence-electron chi connectivity index (χ2n) is 4.73. The smallest absolute Gasteiger partial charge is 0.0760 e. The van der Waals surface area contributed by atoms with Crippen molar-refractivity contribution >= 4 is 0 Å². The quantitative estimate of drug-likeness (QED) is 0.886. The maximum Gasteiger partial charge on any atom is 0.0760 e. The molecule has 5 nitrogen and oxygen atoms in total. The maximum atomic E-state index is 4.48. The molecule has 0 spiro atoms. The fraction of sp³-hybridized carbons (Fsp3) is 0.500. The Kier molecular flexibility index (Phi) is 4.27. The van der Waals surface area contributed by atoms with Crippen LogP contribution in [0.3, 0.4) is 0 Å². The molecule has 0 saturated heterocycles. The van der Waals surface area contributed by atoms with Gasteiger partial charge in [0.15, 0.2) is 0 Å². The molecule has 0 aliphatic heterocycles. The summed E-state index contributed by atoms with van der Waals surface area (Å²) >= 11 is 0. The fourth-order valence-electron chi connectivity index (χ4n) is 2.08. The van der Waals surface area contributed by atoms with E-state index in [1.807, 2.05) is 31.9 Å². The van der Waals surface area contributed by atoms with Crippen molar-refractivity contribution in [2.24, 2.45) is 7.05 Å². The molecule has 2 aromatic rings. The van der Waals surface area contributed by atoms with E-state index in [0.717, 1.165) is 29.9 Å². The van der Waals surface area contributed by atoms with Gasteiger partial charge in [-0.05, 0) is 26.5 Å². The topological polar surface area (TPSA) is 55.6 Å². The van der Waals surface area contributed by atoms with Gasteiger partial charge in [0.2, 0.25) is 0 Å². The van der Waals surface area contributed by atoms with E-state index < -0.39 is 0 Å². The standard InChI is InChI=1S/C14H21N5/c1-5-11-6-12(19(4)18-11)7-13(15-3)14-9-16-10(2)8-17-14/h6,8-9,13,15H,5,7H2,1-4H3. The molecule has 1 unspecified atom stereocenters. The highest BCUT2D eigenvalue weighted by Crippen LogP contribution is 2.16. The summed E-state index contributed by atoms with van der Waals surface area (Å²) in [7, 11) is 3.94. The van der Waals surface area contributed by atoms with E-state index in [1.165, 1.54) is 5.69 Å². The predicted molar refractivity (Wildman–Crippen MR) is 74.9 cm³/mol. The van der Waals surface area contributed by atoms with Crippen molar-refractivity contribution in [3.05, 3.63) is 41.2 Å². The monoisotopic (exact) mass is 259 g/mol. The Morgan fingerprint density at radius 3 is 2.63 bits per heavy atom. The Hall–Kier alpha value is -1.75. The van der Waals surface area contributed by atoms with E-state index in [-0.39, 0.29) is 6.04 Å². The Balaban J connectivity index is 2.18. The number of rotatable bonds is 5. The molecule has 0 radical (unpaired) electrons. The van der Waals surface area contributed by atoms with Gasteiger partial charge in [0.05, 0.1) is 29.3 Å². The lowest BCUT2D eigenvalue weighted by molar-refractivity contribution is 0.546. The number of nitrogens with zero attached hydrogens (tertiary/aromatic N) is 4. The highest BCUT2D eigenvalue weighted by Gasteiger charge is 2.15. The van der Waals surface area contributed by atoms with Gasteiger partial charge in [-0.15, -0.1) is 0 Å². The molecule has 1 N–H and O–H groups in total. The van der Waals surface area contributed by atoms with Crippen molar-refractivity contribution < 1.29 is 0 Å². The van der Waals surface area contributed by atoms with Crippen molar-refractivity contribution in [3.63, 3.8) is 0 Å². The first-order valence-corrected chi connectivity index (χ1v) is 6.61. The summed E-state index contributed by atoms with van der Waals surface area (Å²) < 4.78 is 1.95. The number of aromatic nitrogens is 4. The van der Waals surface area contributed by atoms with E-state index in [9.17, 15) is 0 Å².